The van der Waals surface area contributed by atoms with Crippen LogP contribution in [0.25, 0.3) is 0 Å². The van der Waals surface area contributed by atoms with Gasteiger partial charge in [-0.05, 0) is 46.3 Å². The fourth-order valence-corrected chi connectivity index (χ4v) is 2.57. The quantitative estimate of drug-likeness (QED) is 0.786. The minimum atomic E-state index is -0.556. The predicted molar refractivity (Wildman–Crippen MR) is 75.0 cm³/mol. The van der Waals surface area contributed by atoms with Crippen LogP contribution in [-0.4, -0.2) is 19.0 Å². The minimum Gasteiger partial charge on any atom is -0.486 e. The molecule has 0 unspecified atom stereocenters. The summed E-state index contributed by atoms with van der Waals surface area (Å²) < 4.78 is 25.1. The molecule has 5 heteroatoms. The van der Waals surface area contributed by atoms with Crippen LogP contribution in [0.4, 0.5) is 4.39 Å². The second-order valence-electron chi connectivity index (χ2n) is 4.28. The van der Waals surface area contributed by atoms with E-state index in [0.717, 1.165) is 0 Å². The zero-order valence-electron chi connectivity index (χ0n) is 10.4. The molecular weight excluding hydrogens is 327 g/mol. The first-order chi connectivity index (χ1) is 9.66. The van der Waals surface area contributed by atoms with E-state index in [1.807, 2.05) is 0 Å². The van der Waals surface area contributed by atoms with Gasteiger partial charge in [0.2, 0.25) is 0 Å². The zero-order valence-corrected chi connectivity index (χ0v) is 11.9. The van der Waals surface area contributed by atoms with Crippen LogP contribution in [0.2, 0.25) is 0 Å². The molecule has 3 nitrogen and oxygen atoms in total. The molecule has 0 fully saturated rings. The number of carbonyl (C=O) groups excluding carboxylic acids is 1. The monoisotopic (exact) mass is 336 g/mol. The highest BCUT2D eigenvalue weighted by Gasteiger charge is 2.20. The molecule has 0 N–H and O–H groups in total. The van der Waals surface area contributed by atoms with Crippen molar-refractivity contribution in [3.63, 3.8) is 0 Å². The highest BCUT2D eigenvalue weighted by molar-refractivity contribution is 9.10. The van der Waals surface area contributed by atoms with Gasteiger partial charge < -0.3 is 9.47 Å². The number of hydrogen-bond acceptors (Lipinski definition) is 3. The lowest BCUT2D eigenvalue weighted by molar-refractivity contribution is 0.103. The number of halogens is 2. The van der Waals surface area contributed by atoms with Crippen LogP contribution >= 0.6 is 15.9 Å². The standard InChI is InChI=1S/C15H10BrFO3/c16-10-2-1-3-11(17)14(10)15(18)9-4-5-12-13(8-9)20-7-6-19-12/h1-5,8H,6-7H2. The van der Waals surface area contributed by atoms with Crippen LogP contribution in [0.15, 0.2) is 40.9 Å². The van der Waals surface area contributed by atoms with Crippen LogP contribution < -0.4 is 9.47 Å². The summed E-state index contributed by atoms with van der Waals surface area (Å²) >= 11 is 3.20. The number of hydrogen-bond donors (Lipinski definition) is 0. The van der Waals surface area contributed by atoms with E-state index in [0.29, 0.717) is 34.7 Å². The maximum absolute atomic E-state index is 13.8. The SMILES string of the molecule is O=C(c1ccc2c(c1)OCCO2)c1c(F)cccc1Br. The summed E-state index contributed by atoms with van der Waals surface area (Å²) in [5.41, 5.74) is 0.379. The molecule has 0 saturated heterocycles. The molecule has 1 aliphatic heterocycles. The zero-order chi connectivity index (χ0) is 14.1. The third-order valence-electron chi connectivity index (χ3n) is 2.99. The van der Waals surface area contributed by atoms with Gasteiger partial charge in [-0.15, -0.1) is 0 Å². The third kappa shape index (κ3) is 2.29. The molecule has 0 aliphatic carbocycles. The molecule has 1 heterocycles. The van der Waals surface area contributed by atoms with E-state index in [1.165, 1.54) is 6.07 Å². The van der Waals surface area contributed by atoms with Crippen molar-refractivity contribution in [2.75, 3.05) is 13.2 Å². The third-order valence-corrected chi connectivity index (χ3v) is 3.66. The van der Waals surface area contributed by atoms with Gasteiger partial charge in [-0.3, -0.25) is 4.79 Å². The Labute approximate surface area is 123 Å². The summed E-state index contributed by atoms with van der Waals surface area (Å²) in [4.78, 5) is 12.4. The molecule has 2 aromatic carbocycles. The number of carbonyl (C=O) groups is 1. The van der Waals surface area contributed by atoms with E-state index in [1.54, 1.807) is 30.3 Å². The van der Waals surface area contributed by atoms with Gasteiger partial charge in [-0.25, -0.2) is 4.39 Å². The molecule has 0 spiro atoms. The average Bonchev–Trinajstić information content (AvgIpc) is 2.46. The second kappa shape index (κ2) is 5.25. The summed E-state index contributed by atoms with van der Waals surface area (Å²) in [5.74, 6) is 0.154. The number of fused-ring (bicyclic) bond motifs is 1. The lowest BCUT2D eigenvalue weighted by Gasteiger charge is -2.18. The molecule has 0 amide bonds. The molecule has 102 valence electrons. The number of ether oxygens (including phenoxy) is 2. The Morgan fingerprint density at radius 1 is 1.10 bits per heavy atom. The van der Waals surface area contributed by atoms with Gasteiger partial charge in [0.25, 0.3) is 0 Å². The highest BCUT2D eigenvalue weighted by atomic mass is 79.9. The lowest BCUT2D eigenvalue weighted by atomic mass is 10.0. The first-order valence-corrected chi connectivity index (χ1v) is 6.84. The molecule has 3 rings (SSSR count). The second-order valence-corrected chi connectivity index (χ2v) is 5.14. The summed E-state index contributed by atoms with van der Waals surface area (Å²) in [6, 6.07) is 9.28. The molecule has 0 atom stereocenters. The fraction of sp³-hybridized carbons (Fsp3) is 0.133. The Hall–Kier alpha value is -1.88. The number of ketones is 1. The summed E-state index contributed by atoms with van der Waals surface area (Å²) in [6.07, 6.45) is 0. The van der Waals surface area contributed by atoms with Gasteiger partial charge in [0.1, 0.15) is 19.0 Å². The number of rotatable bonds is 2. The molecule has 0 aromatic heterocycles. The van der Waals surface area contributed by atoms with Gasteiger partial charge in [0, 0.05) is 10.0 Å². The van der Waals surface area contributed by atoms with E-state index >= 15 is 0 Å². The average molecular weight is 337 g/mol. The Morgan fingerprint density at radius 2 is 1.85 bits per heavy atom. The fourth-order valence-electron chi connectivity index (χ4n) is 2.04. The van der Waals surface area contributed by atoms with Crippen molar-refractivity contribution in [2.45, 2.75) is 0 Å². The van der Waals surface area contributed by atoms with E-state index in [-0.39, 0.29) is 5.56 Å². The van der Waals surface area contributed by atoms with Gasteiger partial charge >= 0.3 is 0 Å². The van der Waals surface area contributed by atoms with Crippen molar-refractivity contribution >= 4 is 21.7 Å². The van der Waals surface area contributed by atoms with E-state index < -0.39 is 11.6 Å². The van der Waals surface area contributed by atoms with Crippen molar-refractivity contribution in [1.82, 2.24) is 0 Å². The Kier molecular flexibility index (Phi) is 3.44. The lowest BCUT2D eigenvalue weighted by Crippen LogP contribution is -2.16. The Balaban J connectivity index is 2.03. The van der Waals surface area contributed by atoms with Crippen LogP contribution in [-0.2, 0) is 0 Å². The van der Waals surface area contributed by atoms with Crippen molar-refractivity contribution < 1.29 is 18.7 Å². The van der Waals surface area contributed by atoms with Crippen LogP contribution in [0.5, 0.6) is 11.5 Å². The highest BCUT2D eigenvalue weighted by Crippen LogP contribution is 2.32. The summed E-state index contributed by atoms with van der Waals surface area (Å²) in [6.45, 7) is 0.924. The minimum absolute atomic E-state index is 0.0178. The Morgan fingerprint density at radius 3 is 2.60 bits per heavy atom. The van der Waals surface area contributed by atoms with Gasteiger partial charge in [0.05, 0.1) is 5.56 Å². The van der Waals surface area contributed by atoms with Crippen molar-refractivity contribution in [3.05, 3.63) is 57.8 Å². The molecular formula is C15H10BrFO3. The van der Waals surface area contributed by atoms with Gasteiger partial charge in [0.15, 0.2) is 17.3 Å². The van der Waals surface area contributed by atoms with Crippen LogP contribution in [0, 0.1) is 5.82 Å². The Bertz CT molecular complexity index is 665. The summed E-state index contributed by atoms with van der Waals surface area (Å²) in [7, 11) is 0. The van der Waals surface area contributed by atoms with Crippen molar-refractivity contribution in [1.29, 1.82) is 0 Å². The molecule has 0 bridgehead atoms. The molecule has 1 aliphatic rings. The topological polar surface area (TPSA) is 35.5 Å². The largest absolute Gasteiger partial charge is 0.486 e. The smallest absolute Gasteiger partial charge is 0.197 e. The maximum atomic E-state index is 13.8. The van der Waals surface area contributed by atoms with Crippen molar-refractivity contribution in [3.8, 4) is 11.5 Å². The molecule has 0 radical (unpaired) electrons. The summed E-state index contributed by atoms with van der Waals surface area (Å²) in [5, 5.41) is 0. The number of benzene rings is 2. The van der Waals surface area contributed by atoms with E-state index in [4.69, 9.17) is 9.47 Å². The van der Waals surface area contributed by atoms with Gasteiger partial charge in [-0.2, -0.15) is 0 Å². The normalized spacial score (nSPS) is 13.1. The van der Waals surface area contributed by atoms with Gasteiger partial charge in [-0.1, -0.05) is 6.07 Å². The maximum Gasteiger partial charge on any atom is 0.197 e. The van der Waals surface area contributed by atoms with Crippen molar-refractivity contribution in [2.24, 2.45) is 0 Å². The van der Waals surface area contributed by atoms with Crippen LogP contribution in [0.3, 0.4) is 0 Å². The first kappa shape index (κ1) is 13.1. The molecule has 20 heavy (non-hydrogen) atoms. The first-order valence-electron chi connectivity index (χ1n) is 6.05. The molecule has 2 aromatic rings. The van der Waals surface area contributed by atoms with E-state index in [2.05, 4.69) is 15.9 Å². The van der Waals surface area contributed by atoms with Crippen LogP contribution in [0.1, 0.15) is 15.9 Å². The predicted octanol–water partition coefficient (Wildman–Crippen LogP) is 3.59. The molecule has 0 saturated carbocycles. The van der Waals surface area contributed by atoms with E-state index in [9.17, 15) is 9.18 Å².